The molecule has 48 heavy (non-hydrogen) atoms. The number of aromatic nitrogens is 2. The molecular weight excluding hydrogens is 643 g/mol. The number of hydrogen-bond donors (Lipinski definition) is 2. The maximum atomic E-state index is 14.0. The Balaban J connectivity index is 1.31. The highest BCUT2D eigenvalue weighted by Gasteiger charge is 2.41. The normalized spacial score (nSPS) is 11.1. The van der Waals surface area contributed by atoms with Crippen molar-refractivity contribution in [2.24, 2.45) is 5.41 Å². The number of nitro groups is 1. The summed E-state index contributed by atoms with van der Waals surface area (Å²) in [4.78, 5) is 47.7. The van der Waals surface area contributed by atoms with Gasteiger partial charge in [0.25, 0.3) is 5.69 Å². The van der Waals surface area contributed by atoms with Gasteiger partial charge in [0, 0.05) is 60.2 Å². The van der Waals surface area contributed by atoms with Gasteiger partial charge in [-0.15, -0.1) is 23.5 Å². The molecule has 0 unspecified atom stereocenters. The minimum Gasteiger partial charge on any atom is -0.351 e. The zero-order valence-corrected chi connectivity index (χ0v) is 28.0. The Bertz CT molecular complexity index is 1740. The lowest BCUT2D eigenvalue weighted by atomic mass is 9.81. The van der Waals surface area contributed by atoms with E-state index in [1.807, 2.05) is 60.7 Å². The minimum atomic E-state index is -1.53. The second-order valence-corrected chi connectivity index (χ2v) is 13.2. The number of amides is 2. The number of nitro benzene ring substituents is 1. The van der Waals surface area contributed by atoms with Crippen LogP contribution in [-0.2, 0) is 40.6 Å². The number of carbonyl (C=O) groups excluding carboxylic acids is 2. The van der Waals surface area contributed by atoms with Crippen molar-refractivity contribution in [2.75, 3.05) is 0 Å². The molecule has 2 N–H and O–H groups in total. The summed E-state index contributed by atoms with van der Waals surface area (Å²) in [5.41, 5.74) is 3.00. The molecule has 2 amide bonds. The van der Waals surface area contributed by atoms with Crippen LogP contribution in [0.25, 0.3) is 0 Å². The predicted octanol–water partition coefficient (Wildman–Crippen LogP) is 7.15. The van der Waals surface area contributed by atoms with Crippen molar-refractivity contribution in [3.05, 3.63) is 160 Å². The van der Waals surface area contributed by atoms with E-state index < -0.39 is 22.2 Å². The molecule has 9 nitrogen and oxygen atoms in total. The van der Waals surface area contributed by atoms with Gasteiger partial charge in [0.05, 0.1) is 4.92 Å². The molecule has 5 aromatic rings. The molecule has 0 saturated carbocycles. The molecule has 5 rings (SSSR count). The highest BCUT2D eigenvalue weighted by Crippen LogP contribution is 2.29. The lowest BCUT2D eigenvalue weighted by Gasteiger charge is -2.28. The summed E-state index contributed by atoms with van der Waals surface area (Å²) in [5.74, 6) is 0.509. The number of nitrogens with one attached hydrogen (secondary N) is 2. The van der Waals surface area contributed by atoms with Crippen molar-refractivity contribution in [1.29, 1.82) is 0 Å². The van der Waals surface area contributed by atoms with E-state index in [1.165, 1.54) is 12.1 Å². The molecule has 0 saturated heterocycles. The summed E-state index contributed by atoms with van der Waals surface area (Å²) < 4.78 is 0. The molecule has 0 atom stereocenters. The SMILES string of the molecule is CC(Cc1ccc([N+](=O)[O-])cc1)(C(=O)NCc1cccnc1SCc1ccccc1)C(=O)NCc1cccnc1SCc1ccccc1. The van der Waals surface area contributed by atoms with Gasteiger partial charge in [-0.1, -0.05) is 84.9 Å². The number of pyridine rings is 2. The Labute approximate surface area is 288 Å². The number of benzene rings is 3. The number of non-ortho nitro benzene ring substituents is 1. The zero-order chi connectivity index (χ0) is 33.8. The lowest BCUT2D eigenvalue weighted by Crippen LogP contribution is -2.50. The summed E-state index contributed by atoms with van der Waals surface area (Å²) in [5, 5.41) is 18.8. The third kappa shape index (κ3) is 9.30. The molecule has 3 aromatic carbocycles. The van der Waals surface area contributed by atoms with E-state index in [1.54, 1.807) is 55.0 Å². The van der Waals surface area contributed by atoms with E-state index in [4.69, 9.17) is 0 Å². The Morgan fingerprint density at radius 3 is 1.56 bits per heavy atom. The summed E-state index contributed by atoms with van der Waals surface area (Å²) >= 11 is 3.15. The molecule has 11 heteroatoms. The number of thioether (sulfide) groups is 2. The molecule has 0 radical (unpaired) electrons. The predicted molar refractivity (Wildman–Crippen MR) is 189 cm³/mol. The first-order valence-electron chi connectivity index (χ1n) is 15.3. The zero-order valence-electron chi connectivity index (χ0n) is 26.4. The molecular formula is C37H35N5O4S2. The van der Waals surface area contributed by atoms with Gasteiger partial charge in [-0.05, 0) is 42.2 Å². The average molecular weight is 678 g/mol. The molecule has 0 aliphatic carbocycles. The average Bonchev–Trinajstić information content (AvgIpc) is 3.12. The highest BCUT2D eigenvalue weighted by molar-refractivity contribution is 7.98. The summed E-state index contributed by atoms with van der Waals surface area (Å²) in [6.45, 7) is 1.95. The van der Waals surface area contributed by atoms with Gasteiger partial charge in [0.15, 0.2) is 0 Å². The molecule has 0 fully saturated rings. The van der Waals surface area contributed by atoms with Crippen molar-refractivity contribution >= 4 is 41.0 Å². The monoisotopic (exact) mass is 677 g/mol. The van der Waals surface area contributed by atoms with Crippen molar-refractivity contribution in [3.8, 4) is 0 Å². The van der Waals surface area contributed by atoms with Gasteiger partial charge < -0.3 is 10.6 Å². The van der Waals surface area contributed by atoms with E-state index in [-0.39, 0.29) is 25.2 Å². The third-order valence-electron chi connectivity index (χ3n) is 7.72. The van der Waals surface area contributed by atoms with Gasteiger partial charge >= 0.3 is 0 Å². The van der Waals surface area contributed by atoms with Gasteiger partial charge in [-0.3, -0.25) is 19.7 Å². The Kier molecular flexibility index (Phi) is 12.0. The van der Waals surface area contributed by atoms with Gasteiger partial charge in [0.2, 0.25) is 11.8 Å². The Morgan fingerprint density at radius 2 is 1.12 bits per heavy atom. The number of rotatable bonds is 15. The first-order valence-corrected chi connectivity index (χ1v) is 17.3. The fourth-order valence-corrected chi connectivity index (χ4v) is 6.89. The van der Waals surface area contributed by atoms with Crippen LogP contribution in [0.4, 0.5) is 5.69 Å². The van der Waals surface area contributed by atoms with Gasteiger partial charge in [-0.25, -0.2) is 9.97 Å². The summed E-state index contributed by atoms with van der Waals surface area (Å²) in [6.07, 6.45) is 3.47. The van der Waals surface area contributed by atoms with E-state index in [0.29, 0.717) is 5.56 Å². The number of hydrogen-bond acceptors (Lipinski definition) is 8. The van der Waals surface area contributed by atoms with Crippen molar-refractivity contribution < 1.29 is 14.5 Å². The maximum absolute atomic E-state index is 14.0. The van der Waals surface area contributed by atoms with Crippen LogP contribution in [0.3, 0.4) is 0 Å². The molecule has 0 spiro atoms. The fraction of sp³-hybridized carbons (Fsp3) is 0.189. The Hall–Kier alpha value is -5.00. The van der Waals surface area contributed by atoms with Crippen LogP contribution in [0.1, 0.15) is 34.7 Å². The quantitative estimate of drug-likeness (QED) is 0.0518. The summed E-state index contributed by atoms with van der Waals surface area (Å²) in [6, 6.07) is 33.5. The first kappa shape index (κ1) is 34.3. The first-order chi connectivity index (χ1) is 23.3. The fourth-order valence-electron chi connectivity index (χ4n) is 4.98. The largest absolute Gasteiger partial charge is 0.351 e. The Morgan fingerprint density at radius 1 is 0.667 bits per heavy atom. The van der Waals surface area contributed by atoms with Gasteiger partial charge in [-0.2, -0.15) is 0 Å². The second-order valence-electron chi connectivity index (χ2n) is 11.3. The van der Waals surface area contributed by atoms with Crippen LogP contribution < -0.4 is 10.6 Å². The molecule has 0 bridgehead atoms. The third-order valence-corrected chi connectivity index (χ3v) is 9.96. The van der Waals surface area contributed by atoms with Crippen LogP contribution in [-0.4, -0.2) is 26.7 Å². The van der Waals surface area contributed by atoms with Crippen LogP contribution in [0, 0.1) is 15.5 Å². The number of nitrogens with zero attached hydrogens (tertiary/aromatic N) is 3. The summed E-state index contributed by atoms with van der Waals surface area (Å²) in [7, 11) is 0. The molecule has 0 aliphatic rings. The van der Waals surface area contributed by atoms with E-state index >= 15 is 0 Å². The minimum absolute atomic E-state index is 0.0357. The van der Waals surface area contributed by atoms with Crippen molar-refractivity contribution in [2.45, 2.75) is 48.0 Å². The molecule has 2 heterocycles. The van der Waals surface area contributed by atoms with Crippen LogP contribution in [0.15, 0.2) is 132 Å². The highest BCUT2D eigenvalue weighted by atomic mass is 32.2. The lowest BCUT2D eigenvalue weighted by molar-refractivity contribution is -0.384. The van der Waals surface area contributed by atoms with Crippen LogP contribution in [0.2, 0.25) is 0 Å². The smallest absolute Gasteiger partial charge is 0.269 e. The van der Waals surface area contributed by atoms with Gasteiger partial charge in [0.1, 0.15) is 15.5 Å². The maximum Gasteiger partial charge on any atom is 0.269 e. The van der Waals surface area contributed by atoms with Crippen LogP contribution >= 0.6 is 23.5 Å². The van der Waals surface area contributed by atoms with Crippen LogP contribution in [0.5, 0.6) is 0 Å². The second kappa shape index (κ2) is 16.7. The van der Waals surface area contributed by atoms with Crippen molar-refractivity contribution in [3.63, 3.8) is 0 Å². The van der Waals surface area contributed by atoms with E-state index in [2.05, 4.69) is 44.9 Å². The topological polar surface area (TPSA) is 127 Å². The molecule has 2 aromatic heterocycles. The molecule has 0 aliphatic heterocycles. The standard InChI is InChI=1S/C37H35N5O4S2/c1-37(22-27-16-18-32(19-17-27)42(45)46,35(43)40-23-30-14-8-20-38-33(30)47-25-28-10-4-2-5-11-28)36(44)41-24-31-15-9-21-39-34(31)48-26-29-12-6-3-7-13-29/h2-21H,22-26H2,1H3,(H,40,43)(H,41,44). The van der Waals surface area contributed by atoms with E-state index in [9.17, 15) is 19.7 Å². The number of carbonyl (C=O) groups is 2. The molecule has 244 valence electrons. The van der Waals surface area contributed by atoms with Crippen molar-refractivity contribution in [1.82, 2.24) is 20.6 Å². The van der Waals surface area contributed by atoms with E-state index in [0.717, 1.165) is 43.8 Å².